The van der Waals surface area contributed by atoms with Crippen LogP contribution < -0.4 is 4.74 Å². The molecule has 0 aliphatic heterocycles. The number of hydrogen-bond acceptors (Lipinski definition) is 4. The molecule has 5 heteroatoms. The number of nitrogens with zero attached hydrogens (tertiary/aromatic N) is 1. The van der Waals surface area contributed by atoms with Gasteiger partial charge in [0.15, 0.2) is 0 Å². The van der Waals surface area contributed by atoms with E-state index in [9.17, 15) is 9.90 Å². The second kappa shape index (κ2) is 7.26. The van der Waals surface area contributed by atoms with Gasteiger partial charge in [-0.05, 0) is 44.7 Å². The molecule has 0 radical (unpaired) electrons. The number of benzene rings is 1. The third-order valence-electron chi connectivity index (χ3n) is 4.78. The first-order valence-electron chi connectivity index (χ1n) is 8.71. The molecule has 1 saturated carbocycles. The van der Waals surface area contributed by atoms with Crippen molar-refractivity contribution in [2.24, 2.45) is 7.05 Å². The molecule has 0 bridgehead atoms. The van der Waals surface area contributed by atoms with Crippen LogP contribution in [0.15, 0.2) is 18.2 Å². The van der Waals surface area contributed by atoms with Gasteiger partial charge in [0.05, 0.1) is 36.1 Å². The fraction of sp³-hybridized carbons (Fsp3) is 0.526. The van der Waals surface area contributed by atoms with Gasteiger partial charge in [-0.1, -0.05) is 6.42 Å². The van der Waals surface area contributed by atoms with E-state index in [0.717, 1.165) is 29.5 Å². The van der Waals surface area contributed by atoms with Crippen molar-refractivity contribution >= 4 is 16.9 Å². The van der Waals surface area contributed by atoms with Gasteiger partial charge in [-0.2, -0.15) is 0 Å². The third-order valence-corrected chi connectivity index (χ3v) is 4.78. The number of aryl methyl sites for hydroxylation is 1. The third kappa shape index (κ3) is 3.13. The lowest BCUT2D eigenvalue weighted by Crippen LogP contribution is -2.19. The van der Waals surface area contributed by atoms with E-state index in [-0.39, 0.29) is 12.7 Å². The number of carbonyl (C=O) groups is 1. The maximum atomic E-state index is 12.3. The van der Waals surface area contributed by atoms with Crippen molar-refractivity contribution in [1.29, 1.82) is 0 Å². The number of rotatable bonds is 5. The smallest absolute Gasteiger partial charge is 0.340 e. The molecule has 1 heterocycles. The highest BCUT2D eigenvalue weighted by atomic mass is 16.5. The summed E-state index contributed by atoms with van der Waals surface area (Å²) in [6, 6.07) is 5.74. The molecule has 3 rings (SSSR count). The first-order valence-corrected chi connectivity index (χ1v) is 8.71. The van der Waals surface area contributed by atoms with Gasteiger partial charge in [0.1, 0.15) is 5.75 Å². The Hall–Kier alpha value is -2.01. The summed E-state index contributed by atoms with van der Waals surface area (Å²) >= 11 is 0. The SMILES string of the molecule is CCOC(=O)c1c(CO)n(C)c2cc(OC3CCCCC3)ccc12. The van der Waals surface area contributed by atoms with Crippen LogP contribution in [0, 0.1) is 0 Å². The second-order valence-corrected chi connectivity index (χ2v) is 6.32. The molecular weight excluding hydrogens is 306 g/mol. The van der Waals surface area contributed by atoms with Crippen LogP contribution in [0.2, 0.25) is 0 Å². The Kier molecular flexibility index (Phi) is 5.09. The van der Waals surface area contributed by atoms with Crippen LogP contribution in [0.3, 0.4) is 0 Å². The van der Waals surface area contributed by atoms with E-state index < -0.39 is 5.97 Å². The Morgan fingerprint density at radius 1 is 1.29 bits per heavy atom. The summed E-state index contributed by atoms with van der Waals surface area (Å²) in [6.07, 6.45) is 6.21. The number of ether oxygens (including phenoxy) is 2. The summed E-state index contributed by atoms with van der Waals surface area (Å²) in [5.74, 6) is 0.419. The molecule has 130 valence electrons. The molecule has 5 nitrogen and oxygen atoms in total. The van der Waals surface area contributed by atoms with Gasteiger partial charge in [-0.15, -0.1) is 0 Å². The maximum absolute atomic E-state index is 12.3. The van der Waals surface area contributed by atoms with Gasteiger partial charge in [0, 0.05) is 18.5 Å². The van der Waals surface area contributed by atoms with Gasteiger partial charge in [0.25, 0.3) is 0 Å². The first-order chi connectivity index (χ1) is 11.7. The largest absolute Gasteiger partial charge is 0.490 e. The van der Waals surface area contributed by atoms with Crippen molar-refractivity contribution < 1.29 is 19.4 Å². The van der Waals surface area contributed by atoms with E-state index in [1.165, 1.54) is 19.3 Å². The van der Waals surface area contributed by atoms with Crippen molar-refractivity contribution in [2.75, 3.05) is 6.61 Å². The molecule has 0 amide bonds. The van der Waals surface area contributed by atoms with Crippen LogP contribution in [0.5, 0.6) is 5.75 Å². The fourth-order valence-electron chi connectivity index (χ4n) is 3.53. The van der Waals surface area contributed by atoms with Crippen molar-refractivity contribution in [1.82, 2.24) is 4.57 Å². The summed E-state index contributed by atoms with van der Waals surface area (Å²) in [6.45, 7) is 1.87. The molecule has 1 aliphatic carbocycles. The van der Waals surface area contributed by atoms with E-state index >= 15 is 0 Å². The Morgan fingerprint density at radius 3 is 2.71 bits per heavy atom. The molecule has 2 aromatic rings. The predicted octanol–water partition coefficient (Wildman–Crippen LogP) is 3.56. The summed E-state index contributed by atoms with van der Waals surface area (Å²) in [4.78, 5) is 12.3. The minimum atomic E-state index is -0.395. The molecule has 24 heavy (non-hydrogen) atoms. The highest BCUT2D eigenvalue weighted by Gasteiger charge is 2.22. The monoisotopic (exact) mass is 331 g/mol. The summed E-state index contributed by atoms with van der Waals surface area (Å²) in [5.41, 5.74) is 1.88. The molecule has 0 spiro atoms. The Bertz CT molecular complexity index is 729. The van der Waals surface area contributed by atoms with E-state index in [4.69, 9.17) is 9.47 Å². The van der Waals surface area contributed by atoms with Gasteiger partial charge in [0.2, 0.25) is 0 Å². The topological polar surface area (TPSA) is 60.7 Å². The highest BCUT2D eigenvalue weighted by molar-refractivity contribution is 6.06. The molecule has 1 N–H and O–H groups in total. The average molecular weight is 331 g/mol. The van der Waals surface area contributed by atoms with Gasteiger partial charge >= 0.3 is 5.97 Å². The van der Waals surface area contributed by atoms with Crippen LogP contribution >= 0.6 is 0 Å². The molecule has 1 aromatic heterocycles. The molecule has 1 aliphatic rings. The average Bonchev–Trinajstić information content (AvgIpc) is 2.88. The minimum absolute atomic E-state index is 0.210. The lowest BCUT2D eigenvalue weighted by molar-refractivity contribution is 0.0524. The Labute approximate surface area is 142 Å². The van der Waals surface area contributed by atoms with E-state index in [1.54, 1.807) is 6.92 Å². The lowest BCUT2D eigenvalue weighted by Gasteiger charge is -2.23. The fourth-order valence-corrected chi connectivity index (χ4v) is 3.53. The number of carbonyl (C=O) groups excluding carboxylic acids is 1. The summed E-state index contributed by atoms with van der Waals surface area (Å²) in [5, 5.41) is 10.5. The normalized spacial score (nSPS) is 15.6. The first kappa shape index (κ1) is 16.8. The number of esters is 1. The highest BCUT2D eigenvalue weighted by Crippen LogP contribution is 2.31. The van der Waals surface area contributed by atoms with Crippen LogP contribution in [-0.4, -0.2) is 28.4 Å². The van der Waals surface area contributed by atoms with Crippen LogP contribution in [-0.2, 0) is 18.4 Å². The molecule has 0 saturated heterocycles. The number of aromatic nitrogens is 1. The molecule has 1 fully saturated rings. The van der Waals surface area contributed by atoms with Gasteiger partial charge in [-0.25, -0.2) is 4.79 Å². The lowest BCUT2D eigenvalue weighted by atomic mass is 9.98. The molecule has 0 atom stereocenters. The predicted molar refractivity (Wildman–Crippen MR) is 92.3 cm³/mol. The van der Waals surface area contributed by atoms with Gasteiger partial charge < -0.3 is 19.1 Å². The van der Waals surface area contributed by atoms with Crippen LogP contribution in [0.4, 0.5) is 0 Å². The number of fused-ring (bicyclic) bond motifs is 1. The zero-order chi connectivity index (χ0) is 17.1. The summed E-state index contributed by atoms with van der Waals surface area (Å²) < 4.78 is 13.1. The van der Waals surface area contributed by atoms with Gasteiger partial charge in [-0.3, -0.25) is 0 Å². The minimum Gasteiger partial charge on any atom is -0.490 e. The Balaban J connectivity index is 1.97. The molecule has 0 unspecified atom stereocenters. The number of aliphatic hydroxyl groups is 1. The zero-order valence-electron chi connectivity index (χ0n) is 14.4. The standard InChI is InChI=1S/C19H25NO4/c1-3-23-19(22)18-15-10-9-14(24-13-7-5-4-6-8-13)11-16(15)20(2)17(18)12-21/h9-11,13,21H,3-8,12H2,1-2H3. The van der Waals surface area contributed by atoms with Crippen molar-refractivity contribution in [3.8, 4) is 5.75 Å². The Morgan fingerprint density at radius 2 is 2.04 bits per heavy atom. The molecular formula is C19H25NO4. The summed E-state index contributed by atoms with van der Waals surface area (Å²) in [7, 11) is 1.85. The van der Waals surface area contributed by atoms with Crippen molar-refractivity contribution in [3.63, 3.8) is 0 Å². The number of hydrogen-bond donors (Lipinski definition) is 1. The van der Waals surface area contributed by atoms with E-state index in [0.29, 0.717) is 17.9 Å². The van der Waals surface area contributed by atoms with E-state index in [1.807, 2.05) is 29.8 Å². The van der Waals surface area contributed by atoms with Crippen LogP contribution in [0.25, 0.3) is 10.9 Å². The van der Waals surface area contributed by atoms with Crippen molar-refractivity contribution in [2.45, 2.75) is 51.7 Å². The second-order valence-electron chi connectivity index (χ2n) is 6.32. The molecule has 1 aromatic carbocycles. The number of aliphatic hydroxyl groups excluding tert-OH is 1. The quantitative estimate of drug-likeness (QED) is 0.851. The van der Waals surface area contributed by atoms with Crippen molar-refractivity contribution in [3.05, 3.63) is 29.5 Å². The zero-order valence-corrected chi connectivity index (χ0v) is 14.4. The van der Waals surface area contributed by atoms with E-state index in [2.05, 4.69) is 0 Å². The van der Waals surface area contributed by atoms with Crippen LogP contribution in [0.1, 0.15) is 55.1 Å². The maximum Gasteiger partial charge on any atom is 0.340 e.